The number of Topliss-reactive ketones (excluding diaryl/α,β-unsaturated/α-hetero) is 1. The van der Waals surface area contributed by atoms with Gasteiger partial charge in [0.25, 0.3) is 0 Å². The van der Waals surface area contributed by atoms with Crippen LogP contribution in [0.5, 0.6) is 0 Å². The summed E-state index contributed by atoms with van der Waals surface area (Å²) in [7, 11) is 0. The molecule has 2 aliphatic rings. The van der Waals surface area contributed by atoms with Crippen LogP contribution in [0.1, 0.15) is 43.9 Å². The SMILES string of the molecule is CC(=O)C[C@@H]1O[C@H](COC(c2ccccc2)(c2ccccc2)c2ccccc2)[C@H]2OC(C)(C)O[C@H]21. The Morgan fingerprint density at radius 3 is 1.63 bits per heavy atom. The first-order valence-electron chi connectivity index (χ1n) is 12.2. The molecular formula is C30H32O5. The predicted molar refractivity (Wildman–Crippen MR) is 133 cm³/mol. The summed E-state index contributed by atoms with van der Waals surface area (Å²) in [5.41, 5.74) is 2.22. The van der Waals surface area contributed by atoms with Crippen LogP contribution in [0.25, 0.3) is 0 Å². The number of ether oxygens (including phenoxy) is 4. The van der Waals surface area contributed by atoms with Gasteiger partial charge < -0.3 is 18.9 Å². The lowest BCUT2D eigenvalue weighted by Crippen LogP contribution is -2.39. The summed E-state index contributed by atoms with van der Waals surface area (Å²) in [6.07, 6.45) is -1.05. The molecule has 5 rings (SSSR count). The third kappa shape index (κ3) is 4.69. The fraction of sp³-hybridized carbons (Fsp3) is 0.367. The third-order valence-corrected chi connectivity index (χ3v) is 6.74. The van der Waals surface area contributed by atoms with Gasteiger partial charge in [0.05, 0.1) is 12.7 Å². The molecule has 3 aromatic rings. The molecule has 0 saturated carbocycles. The van der Waals surface area contributed by atoms with Gasteiger partial charge in [-0.2, -0.15) is 0 Å². The van der Waals surface area contributed by atoms with E-state index in [0.29, 0.717) is 0 Å². The molecule has 4 atom stereocenters. The maximum Gasteiger partial charge on any atom is 0.164 e. The first-order valence-corrected chi connectivity index (χ1v) is 12.2. The fourth-order valence-electron chi connectivity index (χ4n) is 5.33. The lowest BCUT2D eigenvalue weighted by molar-refractivity contribution is -0.196. The molecular weight excluding hydrogens is 440 g/mol. The molecule has 0 unspecified atom stereocenters. The van der Waals surface area contributed by atoms with Crippen molar-refractivity contribution in [2.75, 3.05) is 6.61 Å². The van der Waals surface area contributed by atoms with Gasteiger partial charge in [0.15, 0.2) is 5.79 Å². The van der Waals surface area contributed by atoms with Gasteiger partial charge in [-0.1, -0.05) is 91.0 Å². The topological polar surface area (TPSA) is 54.0 Å². The Labute approximate surface area is 207 Å². The molecule has 2 fully saturated rings. The standard InChI is InChI=1S/C30H32O5/c1-21(31)19-25-27-28(35-29(2,3)34-27)26(33-25)20-32-30(22-13-7-4-8-14-22,23-15-9-5-10-16-23)24-17-11-6-12-18-24/h4-18,25-28H,19-20H2,1-3H3/t25-,26+,27-,28+/m0/s1. The van der Waals surface area contributed by atoms with E-state index in [-0.39, 0.29) is 43.2 Å². The van der Waals surface area contributed by atoms with Crippen LogP contribution >= 0.6 is 0 Å². The average Bonchev–Trinajstić information content (AvgIpc) is 3.34. The zero-order valence-corrected chi connectivity index (χ0v) is 20.4. The van der Waals surface area contributed by atoms with Crippen LogP contribution in [-0.2, 0) is 29.3 Å². The lowest BCUT2D eigenvalue weighted by atomic mass is 9.80. The Balaban J connectivity index is 1.53. The summed E-state index contributed by atoms with van der Waals surface area (Å²) in [5, 5.41) is 0. The second-order valence-electron chi connectivity index (χ2n) is 9.77. The molecule has 0 aromatic heterocycles. The smallest absolute Gasteiger partial charge is 0.164 e. The predicted octanol–water partition coefficient (Wildman–Crippen LogP) is 5.26. The number of carbonyl (C=O) groups is 1. The number of rotatable bonds is 8. The maximum absolute atomic E-state index is 11.9. The highest BCUT2D eigenvalue weighted by Crippen LogP contribution is 2.44. The summed E-state index contributed by atoms with van der Waals surface area (Å²) in [6.45, 7) is 5.65. The van der Waals surface area contributed by atoms with Gasteiger partial charge in [0, 0.05) is 6.42 Å². The van der Waals surface area contributed by atoms with E-state index in [1.165, 1.54) is 0 Å². The van der Waals surface area contributed by atoms with Crippen molar-refractivity contribution in [3.8, 4) is 0 Å². The van der Waals surface area contributed by atoms with Crippen LogP contribution in [0, 0.1) is 0 Å². The van der Waals surface area contributed by atoms with Crippen molar-refractivity contribution in [2.45, 2.75) is 63.0 Å². The van der Waals surface area contributed by atoms with Gasteiger partial charge in [0.1, 0.15) is 29.7 Å². The van der Waals surface area contributed by atoms with Gasteiger partial charge in [-0.05, 0) is 37.5 Å². The van der Waals surface area contributed by atoms with Crippen LogP contribution in [0.4, 0.5) is 0 Å². The van der Waals surface area contributed by atoms with Crippen molar-refractivity contribution in [1.82, 2.24) is 0 Å². The zero-order valence-electron chi connectivity index (χ0n) is 20.4. The molecule has 3 aromatic carbocycles. The quantitative estimate of drug-likeness (QED) is 0.419. The molecule has 0 bridgehead atoms. The summed E-state index contributed by atoms with van der Waals surface area (Å²) >= 11 is 0. The minimum atomic E-state index is -0.851. The number of ketones is 1. The number of fused-ring (bicyclic) bond motifs is 1. The van der Waals surface area contributed by atoms with E-state index in [4.69, 9.17) is 18.9 Å². The number of hydrogen-bond donors (Lipinski definition) is 0. The van der Waals surface area contributed by atoms with Crippen molar-refractivity contribution in [3.63, 3.8) is 0 Å². The highest BCUT2D eigenvalue weighted by atomic mass is 16.8. The van der Waals surface area contributed by atoms with Crippen molar-refractivity contribution < 1.29 is 23.7 Å². The summed E-state index contributed by atoms with van der Waals surface area (Å²) in [6, 6.07) is 30.7. The maximum atomic E-state index is 11.9. The van der Waals surface area contributed by atoms with Crippen LogP contribution < -0.4 is 0 Å². The van der Waals surface area contributed by atoms with Gasteiger partial charge in [-0.3, -0.25) is 4.79 Å². The normalized spacial score (nSPS) is 25.3. The molecule has 5 heteroatoms. The lowest BCUT2D eigenvalue weighted by Gasteiger charge is -2.37. The minimum absolute atomic E-state index is 0.0656. The monoisotopic (exact) mass is 472 g/mol. The first kappa shape index (κ1) is 23.9. The van der Waals surface area contributed by atoms with Gasteiger partial charge in [-0.25, -0.2) is 0 Å². The molecule has 0 N–H and O–H groups in total. The third-order valence-electron chi connectivity index (χ3n) is 6.74. The molecule has 35 heavy (non-hydrogen) atoms. The molecule has 5 nitrogen and oxygen atoms in total. The van der Waals surface area contributed by atoms with E-state index in [9.17, 15) is 4.79 Å². The molecule has 2 heterocycles. The van der Waals surface area contributed by atoms with Gasteiger partial charge in [0.2, 0.25) is 0 Å². The second-order valence-corrected chi connectivity index (χ2v) is 9.77. The Hall–Kier alpha value is -2.83. The van der Waals surface area contributed by atoms with Crippen molar-refractivity contribution in [3.05, 3.63) is 108 Å². The van der Waals surface area contributed by atoms with Gasteiger partial charge >= 0.3 is 0 Å². The summed E-state index contributed by atoms with van der Waals surface area (Å²) in [5.74, 6) is -0.669. The van der Waals surface area contributed by atoms with E-state index in [1.54, 1.807) is 6.92 Å². The van der Waals surface area contributed by atoms with Gasteiger partial charge in [-0.15, -0.1) is 0 Å². The zero-order chi connectivity index (χ0) is 24.5. The molecule has 0 aliphatic carbocycles. The Morgan fingerprint density at radius 1 is 0.771 bits per heavy atom. The van der Waals surface area contributed by atoms with Crippen LogP contribution in [0.2, 0.25) is 0 Å². The number of carbonyl (C=O) groups excluding carboxylic acids is 1. The van der Waals surface area contributed by atoms with Crippen LogP contribution in [0.15, 0.2) is 91.0 Å². The molecule has 2 aliphatic heterocycles. The van der Waals surface area contributed by atoms with E-state index in [2.05, 4.69) is 36.4 Å². The van der Waals surface area contributed by atoms with E-state index < -0.39 is 11.4 Å². The van der Waals surface area contributed by atoms with E-state index in [1.807, 2.05) is 68.4 Å². The molecule has 0 amide bonds. The largest absolute Gasteiger partial charge is 0.366 e. The highest BCUT2D eigenvalue weighted by Gasteiger charge is 2.55. The van der Waals surface area contributed by atoms with Crippen molar-refractivity contribution in [1.29, 1.82) is 0 Å². The fourth-order valence-corrected chi connectivity index (χ4v) is 5.33. The minimum Gasteiger partial charge on any atom is -0.366 e. The van der Waals surface area contributed by atoms with Crippen molar-refractivity contribution >= 4 is 5.78 Å². The second kappa shape index (κ2) is 9.67. The molecule has 2 saturated heterocycles. The number of benzene rings is 3. The van der Waals surface area contributed by atoms with Crippen LogP contribution in [-0.4, -0.2) is 42.6 Å². The molecule has 0 spiro atoms. The Bertz CT molecular complexity index is 1030. The van der Waals surface area contributed by atoms with Crippen molar-refractivity contribution in [2.24, 2.45) is 0 Å². The Morgan fingerprint density at radius 2 is 1.20 bits per heavy atom. The average molecular weight is 473 g/mol. The van der Waals surface area contributed by atoms with E-state index >= 15 is 0 Å². The molecule has 0 radical (unpaired) electrons. The highest BCUT2D eigenvalue weighted by molar-refractivity contribution is 5.76. The van der Waals surface area contributed by atoms with Crippen LogP contribution in [0.3, 0.4) is 0 Å². The van der Waals surface area contributed by atoms with E-state index in [0.717, 1.165) is 16.7 Å². The molecule has 182 valence electrons. The summed E-state index contributed by atoms with van der Waals surface area (Å²) in [4.78, 5) is 11.9. The first-order chi connectivity index (χ1) is 16.9. The Kier molecular flexibility index (Phi) is 6.60. The summed E-state index contributed by atoms with van der Waals surface area (Å²) < 4.78 is 25.7. The number of hydrogen-bond acceptors (Lipinski definition) is 5.